The summed E-state index contributed by atoms with van der Waals surface area (Å²) in [5.74, 6) is 1.02. The Kier molecular flexibility index (Phi) is 7.60. The van der Waals surface area contributed by atoms with Gasteiger partial charge >= 0.3 is 0 Å². The Morgan fingerprint density at radius 2 is 1.79 bits per heavy atom. The average Bonchev–Trinajstić information content (AvgIpc) is 3.17. The van der Waals surface area contributed by atoms with Crippen LogP contribution in [0.2, 0.25) is 25.7 Å². The highest BCUT2D eigenvalue weighted by atomic mass is 28.3. The minimum absolute atomic E-state index is 0.373. The van der Waals surface area contributed by atoms with Crippen molar-refractivity contribution in [3.05, 3.63) is 53.3 Å². The molecule has 3 aromatic rings. The number of carbonyl (C=O) groups is 1. The molecule has 0 unspecified atom stereocenters. The smallest absolute Gasteiger partial charge is 0.150 e. The highest BCUT2D eigenvalue weighted by molar-refractivity contribution is 6.76. The second kappa shape index (κ2) is 10.6. The third kappa shape index (κ3) is 6.19. The summed E-state index contributed by atoms with van der Waals surface area (Å²) in [6.45, 7) is 12.2. The summed E-state index contributed by atoms with van der Waals surface area (Å²) >= 11 is 0. The Labute approximate surface area is 203 Å². The number of anilines is 1. The number of fused-ring (bicyclic) bond motifs is 1. The maximum atomic E-state index is 11.3. The van der Waals surface area contributed by atoms with Gasteiger partial charge in [-0.25, -0.2) is 9.67 Å². The minimum atomic E-state index is -1.15. The van der Waals surface area contributed by atoms with Crippen molar-refractivity contribution in [2.75, 3.05) is 44.7 Å². The molecule has 180 valence electrons. The number of nitrogens with zero attached hydrogens (tertiary/aromatic N) is 5. The number of hydrogen-bond donors (Lipinski definition) is 0. The van der Waals surface area contributed by atoms with Gasteiger partial charge in [0.1, 0.15) is 18.8 Å². The van der Waals surface area contributed by atoms with Crippen molar-refractivity contribution in [1.29, 1.82) is 0 Å². The molecule has 0 bridgehead atoms. The van der Waals surface area contributed by atoms with Gasteiger partial charge in [0.15, 0.2) is 0 Å². The molecule has 1 aliphatic rings. The van der Waals surface area contributed by atoms with Gasteiger partial charge in [-0.3, -0.25) is 4.79 Å². The average molecular weight is 478 g/mol. The lowest BCUT2D eigenvalue weighted by atomic mass is 10.1. The molecule has 8 heteroatoms. The predicted octanol–water partition coefficient (Wildman–Crippen LogP) is 4.48. The molecule has 3 heterocycles. The number of carbonyl (C=O) groups excluding carboxylic acids is 1. The van der Waals surface area contributed by atoms with E-state index in [1.54, 1.807) is 0 Å². The highest BCUT2D eigenvalue weighted by Crippen LogP contribution is 2.23. The maximum absolute atomic E-state index is 11.3. The first-order valence-corrected chi connectivity index (χ1v) is 15.6. The zero-order chi connectivity index (χ0) is 24.1. The number of rotatable bonds is 9. The monoisotopic (exact) mass is 477 g/mol. The van der Waals surface area contributed by atoms with Crippen LogP contribution in [0.4, 0.5) is 5.82 Å². The highest BCUT2D eigenvalue weighted by Gasteiger charge is 2.15. The standard InChI is InChI=1S/C26H35N5O2Si/c1-29-11-13-30(14-12-29)26-10-7-21(18-27-26)6-9-24-23-8-5-22(19-32)17-25(23)31(28-24)20-33-15-16-34(2,3)4/h5-10,17-19H,11-16,20H2,1-4H3. The molecule has 0 amide bonds. The quantitative estimate of drug-likeness (QED) is 0.257. The van der Waals surface area contributed by atoms with Crippen LogP contribution in [-0.4, -0.2) is 73.9 Å². The van der Waals surface area contributed by atoms with Crippen LogP contribution < -0.4 is 4.90 Å². The lowest BCUT2D eigenvalue weighted by molar-refractivity contribution is 0.0816. The van der Waals surface area contributed by atoms with E-state index in [2.05, 4.69) is 53.6 Å². The Hall–Kier alpha value is -2.81. The summed E-state index contributed by atoms with van der Waals surface area (Å²) in [6.07, 6.45) is 6.82. The molecular weight excluding hydrogens is 442 g/mol. The molecule has 0 aliphatic carbocycles. The van der Waals surface area contributed by atoms with Crippen molar-refractivity contribution in [1.82, 2.24) is 19.7 Å². The first kappa shape index (κ1) is 24.3. The molecule has 7 nitrogen and oxygen atoms in total. The van der Waals surface area contributed by atoms with Crippen molar-refractivity contribution in [3.63, 3.8) is 0 Å². The summed E-state index contributed by atoms with van der Waals surface area (Å²) in [7, 11) is 1.01. The van der Waals surface area contributed by atoms with E-state index in [0.717, 1.165) is 73.1 Å². The van der Waals surface area contributed by atoms with Gasteiger partial charge in [0.2, 0.25) is 0 Å². The van der Waals surface area contributed by atoms with Gasteiger partial charge in [0.25, 0.3) is 0 Å². The molecule has 1 aromatic carbocycles. The zero-order valence-corrected chi connectivity index (χ0v) is 21.7. The van der Waals surface area contributed by atoms with E-state index in [9.17, 15) is 4.79 Å². The number of piperazine rings is 1. The third-order valence-corrected chi connectivity index (χ3v) is 7.89. The van der Waals surface area contributed by atoms with Crippen LogP contribution in [0.5, 0.6) is 0 Å². The molecule has 0 radical (unpaired) electrons. The Balaban J connectivity index is 1.50. The van der Waals surface area contributed by atoms with Crippen LogP contribution >= 0.6 is 0 Å². The molecule has 0 spiro atoms. The van der Waals surface area contributed by atoms with Gasteiger partial charge in [0.05, 0.1) is 11.2 Å². The molecular formula is C26H35N5O2Si. The first-order valence-electron chi connectivity index (χ1n) is 11.9. The third-order valence-electron chi connectivity index (χ3n) is 6.18. The van der Waals surface area contributed by atoms with Gasteiger partial charge in [-0.15, -0.1) is 0 Å². The fourth-order valence-electron chi connectivity index (χ4n) is 3.93. The molecule has 34 heavy (non-hydrogen) atoms. The van der Waals surface area contributed by atoms with Crippen molar-refractivity contribution in [3.8, 4) is 0 Å². The van der Waals surface area contributed by atoms with Crippen molar-refractivity contribution < 1.29 is 9.53 Å². The molecule has 0 saturated carbocycles. The number of ether oxygens (including phenoxy) is 1. The SMILES string of the molecule is CN1CCN(c2ccc(C=Cc3nn(COCC[Si](C)(C)C)c4cc(C=O)ccc34)cn2)CC1. The van der Waals surface area contributed by atoms with E-state index in [1.807, 2.05) is 41.2 Å². The lowest BCUT2D eigenvalue weighted by Gasteiger charge is -2.33. The summed E-state index contributed by atoms with van der Waals surface area (Å²) in [5, 5.41) is 5.78. The van der Waals surface area contributed by atoms with Gasteiger partial charge in [-0.2, -0.15) is 5.10 Å². The minimum Gasteiger partial charge on any atom is -0.360 e. The Bertz CT molecular complexity index is 1140. The number of likely N-dealkylation sites (N-methyl/N-ethyl adjacent to an activating group) is 1. The number of benzene rings is 1. The fourth-order valence-corrected chi connectivity index (χ4v) is 4.69. The van der Waals surface area contributed by atoms with Gasteiger partial charge in [-0.05, 0) is 49.0 Å². The topological polar surface area (TPSA) is 63.5 Å². The second-order valence-corrected chi connectivity index (χ2v) is 15.8. The summed E-state index contributed by atoms with van der Waals surface area (Å²) < 4.78 is 7.78. The van der Waals surface area contributed by atoms with E-state index in [0.29, 0.717) is 12.3 Å². The predicted molar refractivity (Wildman–Crippen MR) is 142 cm³/mol. The molecule has 1 fully saturated rings. The first-order chi connectivity index (χ1) is 16.3. The summed E-state index contributed by atoms with van der Waals surface area (Å²) in [6, 6.07) is 11.0. The number of pyridine rings is 1. The number of hydrogen-bond acceptors (Lipinski definition) is 6. The van der Waals surface area contributed by atoms with E-state index in [-0.39, 0.29) is 0 Å². The van der Waals surface area contributed by atoms with Gasteiger partial charge in [-0.1, -0.05) is 31.8 Å². The normalized spacial score (nSPS) is 15.5. The Morgan fingerprint density at radius 3 is 2.47 bits per heavy atom. The molecule has 0 N–H and O–H groups in total. The van der Waals surface area contributed by atoms with Crippen LogP contribution in [0.3, 0.4) is 0 Å². The van der Waals surface area contributed by atoms with Crippen LogP contribution in [0.15, 0.2) is 36.5 Å². The van der Waals surface area contributed by atoms with E-state index >= 15 is 0 Å². The van der Waals surface area contributed by atoms with Crippen LogP contribution in [0.1, 0.15) is 21.6 Å². The fraction of sp³-hybridized carbons (Fsp3) is 0.423. The van der Waals surface area contributed by atoms with E-state index < -0.39 is 8.07 Å². The zero-order valence-electron chi connectivity index (χ0n) is 20.7. The summed E-state index contributed by atoms with van der Waals surface area (Å²) in [5.41, 5.74) is 3.41. The largest absolute Gasteiger partial charge is 0.360 e. The lowest BCUT2D eigenvalue weighted by Crippen LogP contribution is -2.44. The van der Waals surface area contributed by atoms with Crippen molar-refractivity contribution in [2.24, 2.45) is 0 Å². The second-order valence-electron chi connectivity index (χ2n) is 10.2. The molecule has 1 aliphatic heterocycles. The van der Waals surface area contributed by atoms with Crippen LogP contribution in [-0.2, 0) is 11.5 Å². The van der Waals surface area contributed by atoms with Crippen LogP contribution in [0, 0.1) is 0 Å². The van der Waals surface area contributed by atoms with Gasteiger partial charge in [0, 0.05) is 58.0 Å². The molecule has 4 rings (SSSR count). The molecule has 1 saturated heterocycles. The van der Waals surface area contributed by atoms with E-state index in [4.69, 9.17) is 9.84 Å². The molecule has 2 aromatic heterocycles. The van der Waals surface area contributed by atoms with E-state index in [1.165, 1.54) is 0 Å². The van der Waals surface area contributed by atoms with Crippen molar-refractivity contribution >= 4 is 43.2 Å². The maximum Gasteiger partial charge on any atom is 0.150 e. The van der Waals surface area contributed by atoms with Crippen molar-refractivity contribution in [2.45, 2.75) is 32.4 Å². The molecule has 0 atom stereocenters. The number of aromatic nitrogens is 3. The summed E-state index contributed by atoms with van der Waals surface area (Å²) in [4.78, 5) is 20.7. The van der Waals surface area contributed by atoms with Crippen LogP contribution in [0.25, 0.3) is 23.1 Å². The number of aldehydes is 1. The Morgan fingerprint density at radius 1 is 1.03 bits per heavy atom. The van der Waals surface area contributed by atoms with Gasteiger partial charge < -0.3 is 14.5 Å².